The van der Waals surface area contributed by atoms with E-state index in [1.165, 1.54) is 23.5 Å². The van der Waals surface area contributed by atoms with Gasteiger partial charge >= 0.3 is 6.36 Å². The third-order valence-electron chi connectivity index (χ3n) is 2.23. The van der Waals surface area contributed by atoms with Crippen LogP contribution in [-0.4, -0.2) is 11.3 Å². The average molecular weight is 287 g/mol. The molecule has 1 N–H and O–H groups in total. The topological polar surface area (TPSA) is 34.1 Å². The lowest BCUT2D eigenvalue weighted by Crippen LogP contribution is -2.17. The van der Waals surface area contributed by atoms with E-state index in [1.54, 1.807) is 12.1 Å². The molecule has 0 aliphatic heterocycles. The fraction of sp³-hybridized carbons (Fsp3) is 0.250. The molecule has 1 aromatic carbocycles. The van der Waals surface area contributed by atoms with E-state index < -0.39 is 6.36 Å². The average Bonchev–Trinajstić information content (AvgIpc) is 2.82. The van der Waals surface area contributed by atoms with Crippen molar-refractivity contribution in [3.05, 3.63) is 46.4 Å². The first-order chi connectivity index (χ1) is 9.03. The lowest BCUT2D eigenvalue weighted by Gasteiger charge is -2.09. The van der Waals surface area contributed by atoms with Crippen LogP contribution in [0.4, 0.5) is 13.2 Å². The number of nitrogens with zero attached hydrogens (tertiary/aromatic N) is 1. The maximum Gasteiger partial charge on any atom is 0.573 e. The highest BCUT2D eigenvalue weighted by Crippen LogP contribution is 2.22. The normalized spacial score (nSPS) is 11.5. The van der Waals surface area contributed by atoms with Crippen molar-refractivity contribution in [1.29, 1.82) is 0 Å². The van der Waals surface area contributed by atoms with E-state index in [0.29, 0.717) is 13.1 Å². The molecule has 2 rings (SSSR count). The lowest BCUT2D eigenvalue weighted by molar-refractivity contribution is -0.274. The van der Waals surface area contributed by atoms with Crippen LogP contribution in [0.2, 0.25) is 0 Å². The van der Waals surface area contributed by atoms with Gasteiger partial charge in [0.15, 0.2) is 5.51 Å². The van der Waals surface area contributed by atoms with Crippen LogP contribution >= 0.6 is 11.3 Å². The SMILES string of the molecule is FC(F)(F)Oc1ccc(CNCc2cs[c]n2)cc1. The summed E-state index contributed by atoms with van der Waals surface area (Å²) in [6.07, 6.45) is -4.65. The Morgan fingerprint density at radius 3 is 2.53 bits per heavy atom. The van der Waals surface area contributed by atoms with E-state index in [4.69, 9.17) is 0 Å². The highest BCUT2D eigenvalue weighted by atomic mass is 32.1. The number of benzene rings is 1. The van der Waals surface area contributed by atoms with Crippen molar-refractivity contribution in [3.63, 3.8) is 0 Å². The van der Waals surface area contributed by atoms with E-state index in [1.807, 2.05) is 5.38 Å². The van der Waals surface area contributed by atoms with Gasteiger partial charge in [0.05, 0.1) is 5.69 Å². The third-order valence-corrected chi connectivity index (χ3v) is 2.82. The lowest BCUT2D eigenvalue weighted by atomic mass is 10.2. The summed E-state index contributed by atoms with van der Waals surface area (Å²) in [5, 5.41) is 5.02. The molecule has 2 aromatic rings. The number of aromatic nitrogens is 1. The minimum atomic E-state index is -4.65. The van der Waals surface area contributed by atoms with Gasteiger partial charge in [-0.3, -0.25) is 0 Å². The summed E-state index contributed by atoms with van der Waals surface area (Å²) in [6.45, 7) is 1.14. The third kappa shape index (κ3) is 4.88. The fourth-order valence-corrected chi connectivity index (χ4v) is 1.93. The standard InChI is InChI=1S/C12H10F3N2OS/c13-12(14,15)18-11-3-1-9(2-4-11)5-16-6-10-7-19-8-17-10/h1-4,7,16H,5-6H2. The second-order valence-electron chi connectivity index (χ2n) is 3.73. The van der Waals surface area contributed by atoms with Gasteiger partial charge in [0, 0.05) is 18.5 Å². The molecule has 0 bridgehead atoms. The van der Waals surface area contributed by atoms with Crippen molar-refractivity contribution in [1.82, 2.24) is 10.3 Å². The Morgan fingerprint density at radius 2 is 1.95 bits per heavy atom. The van der Waals surface area contributed by atoms with Crippen LogP contribution in [0.3, 0.4) is 0 Å². The van der Waals surface area contributed by atoms with Gasteiger partial charge < -0.3 is 10.1 Å². The maximum absolute atomic E-state index is 12.0. The second-order valence-corrected chi connectivity index (χ2v) is 4.38. The Hall–Kier alpha value is -1.60. The Bertz CT molecular complexity index is 497. The van der Waals surface area contributed by atoms with Gasteiger partial charge in [0.2, 0.25) is 0 Å². The smallest absolute Gasteiger partial charge is 0.406 e. The zero-order valence-electron chi connectivity index (χ0n) is 9.70. The van der Waals surface area contributed by atoms with E-state index in [9.17, 15) is 13.2 Å². The van der Waals surface area contributed by atoms with E-state index >= 15 is 0 Å². The van der Waals surface area contributed by atoms with Gasteiger partial charge in [-0.15, -0.1) is 24.5 Å². The van der Waals surface area contributed by atoms with E-state index in [-0.39, 0.29) is 5.75 Å². The van der Waals surface area contributed by atoms with Crippen LogP contribution in [0.25, 0.3) is 0 Å². The monoisotopic (exact) mass is 287 g/mol. The van der Waals surface area contributed by atoms with Crippen LogP contribution < -0.4 is 10.1 Å². The first-order valence-electron chi connectivity index (χ1n) is 5.39. The summed E-state index contributed by atoms with van der Waals surface area (Å²) < 4.78 is 39.7. The summed E-state index contributed by atoms with van der Waals surface area (Å²) in [5.74, 6) is -0.217. The molecule has 0 atom stereocenters. The molecule has 7 heteroatoms. The Kier molecular flexibility index (Phi) is 4.39. The number of rotatable bonds is 5. The maximum atomic E-state index is 12.0. The Labute approximate surface area is 112 Å². The predicted octanol–water partition coefficient (Wildman–Crippen LogP) is 3.13. The summed E-state index contributed by atoms with van der Waals surface area (Å²) in [7, 11) is 0. The van der Waals surface area contributed by atoms with Crippen LogP contribution in [0.1, 0.15) is 11.3 Å². The van der Waals surface area contributed by atoms with Gasteiger partial charge in [-0.2, -0.15) is 0 Å². The molecular weight excluding hydrogens is 277 g/mol. The van der Waals surface area contributed by atoms with Gasteiger partial charge in [0.25, 0.3) is 0 Å². The number of alkyl halides is 3. The molecule has 0 unspecified atom stereocenters. The number of ether oxygens (including phenoxy) is 1. The minimum Gasteiger partial charge on any atom is -0.406 e. The van der Waals surface area contributed by atoms with Gasteiger partial charge in [-0.05, 0) is 17.7 Å². The van der Waals surface area contributed by atoms with Gasteiger partial charge in [0.1, 0.15) is 5.75 Å². The summed E-state index contributed by atoms with van der Waals surface area (Å²) in [6, 6.07) is 5.75. The highest BCUT2D eigenvalue weighted by Gasteiger charge is 2.30. The molecule has 0 spiro atoms. The van der Waals surface area contributed by atoms with Gasteiger partial charge in [-0.25, -0.2) is 4.98 Å². The molecule has 0 fully saturated rings. The minimum absolute atomic E-state index is 0.217. The number of halogens is 3. The first-order valence-corrected chi connectivity index (χ1v) is 6.27. The second kappa shape index (κ2) is 6.03. The zero-order valence-corrected chi connectivity index (χ0v) is 10.5. The van der Waals surface area contributed by atoms with E-state index in [2.05, 4.69) is 20.5 Å². The molecule has 19 heavy (non-hydrogen) atoms. The molecule has 0 aliphatic rings. The Balaban J connectivity index is 1.81. The van der Waals surface area contributed by atoms with Crippen LogP contribution in [0.5, 0.6) is 5.75 Å². The molecule has 1 radical (unpaired) electrons. The molecule has 1 heterocycles. The van der Waals surface area contributed by atoms with Crippen LogP contribution in [0, 0.1) is 5.51 Å². The number of hydrogen-bond donors (Lipinski definition) is 1. The van der Waals surface area contributed by atoms with Crippen molar-refractivity contribution < 1.29 is 17.9 Å². The number of nitrogens with one attached hydrogen (secondary N) is 1. The molecule has 0 saturated carbocycles. The van der Waals surface area contributed by atoms with Crippen molar-refractivity contribution in [3.8, 4) is 5.75 Å². The molecule has 0 amide bonds. The largest absolute Gasteiger partial charge is 0.573 e. The highest BCUT2D eigenvalue weighted by molar-refractivity contribution is 7.07. The van der Waals surface area contributed by atoms with Crippen LogP contribution in [-0.2, 0) is 13.1 Å². The van der Waals surface area contributed by atoms with Crippen molar-refractivity contribution in [2.75, 3.05) is 0 Å². The molecular formula is C12H10F3N2OS. The summed E-state index contributed by atoms with van der Waals surface area (Å²) in [5.41, 5.74) is 4.50. The van der Waals surface area contributed by atoms with Crippen molar-refractivity contribution in [2.45, 2.75) is 19.5 Å². The first kappa shape index (κ1) is 13.8. The van der Waals surface area contributed by atoms with Crippen molar-refractivity contribution in [2.24, 2.45) is 0 Å². The summed E-state index contributed by atoms with van der Waals surface area (Å²) in [4.78, 5) is 3.99. The molecule has 0 aliphatic carbocycles. The quantitative estimate of drug-likeness (QED) is 0.917. The molecule has 1 aromatic heterocycles. The van der Waals surface area contributed by atoms with Crippen LogP contribution in [0.15, 0.2) is 29.6 Å². The van der Waals surface area contributed by atoms with Crippen molar-refractivity contribution >= 4 is 11.3 Å². The molecule has 3 nitrogen and oxygen atoms in total. The van der Waals surface area contributed by atoms with Gasteiger partial charge in [-0.1, -0.05) is 12.1 Å². The number of thiazole rings is 1. The predicted molar refractivity (Wildman–Crippen MR) is 64.6 cm³/mol. The van der Waals surface area contributed by atoms with E-state index in [0.717, 1.165) is 11.3 Å². The number of hydrogen-bond acceptors (Lipinski definition) is 4. The molecule has 101 valence electrons. The summed E-state index contributed by atoms with van der Waals surface area (Å²) >= 11 is 1.39. The fourth-order valence-electron chi connectivity index (χ4n) is 1.43. The Morgan fingerprint density at radius 1 is 1.21 bits per heavy atom. The molecule has 0 saturated heterocycles. The zero-order chi connectivity index (χ0) is 13.7.